The van der Waals surface area contributed by atoms with Crippen LogP contribution in [0.4, 0.5) is 0 Å². The maximum atomic E-state index is 9.51. The van der Waals surface area contributed by atoms with Gasteiger partial charge in [0.15, 0.2) is 0 Å². The van der Waals surface area contributed by atoms with Crippen molar-refractivity contribution in [3.63, 3.8) is 0 Å². The van der Waals surface area contributed by atoms with Gasteiger partial charge in [0, 0.05) is 17.5 Å². The summed E-state index contributed by atoms with van der Waals surface area (Å²) in [6, 6.07) is 7.46. The molecule has 0 saturated heterocycles. The number of benzene rings is 1. The average Bonchev–Trinajstić information content (AvgIpc) is 2.05. The van der Waals surface area contributed by atoms with Crippen LogP contribution in [-0.2, 0) is 0 Å². The Morgan fingerprint density at radius 2 is 2.00 bits per heavy atom. The van der Waals surface area contributed by atoms with Gasteiger partial charge in [-0.3, -0.25) is 0 Å². The van der Waals surface area contributed by atoms with Gasteiger partial charge in [0.1, 0.15) is 0 Å². The molecule has 0 aliphatic rings. The first kappa shape index (κ1) is 9.71. The van der Waals surface area contributed by atoms with Gasteiger partial charge >= 0.3 is 0 Å². The van der Waals surface area contributed by atoms with Gasteiger partial charge in [0.05, 0.1) is 6.10 Å². The zero-order valence-electron chi connectivity index (χ0n) is 6.57. The van der Waals surface area contributed by atoms with Crippen LogP contribution in [0.15, 0.2) is 28.7 Å². The van der Waals surface area contributed by atoms with E-state index in [0.29, 0.717) is 6.42 Å². The summed E-state index contributed by atoms with van der Waals surface area (Å²) < 4.78 is 0.881. The summed E-state index contributed by atoms with van der Waals surface area (Å²) in [5.74, 6) is 0. The van der Waals surface area contributed by atoms with Crippen LogP contribution >= 0.6 is 15.9 Å². The molecule has 1 rings (SSSR count). The number of aliphatic hydroxyl groups excluding tert-OH is 2. The quantitative estimate of drug-likeness (QED) is 0.833. The lowest BCUT2D eigenvalue weighted by molar-refractivity contribution is 0.134. The van der Waals surface area contributed by atoms with E-state index in [0.717, 1.165) is 10.0 Å². The zero-order valence-corrected chi connectivity index (χ0v) is 8.16. The predicted octanol–water partition coefficient (Wildman–Crippen LogP) is 1.86. The highest BCUT2D eigenvalue weighted by molar-refractivity contribution is 9.10. The van der Waals surface area contributed by atoms with Crippen LogP contribution in [0.1, 0.15) is 18.1 Å². The molecular weight excluding hydrogens is 220 g/mol. The van der Waals surface area contributed by atoms with Crippen LogP contribution in [0.5, 0.6) is 0 Å². The molecule has 3 heteroatoms. The highest BCUT2D eigenvalue weighted by atomic mass is 79.9. The van der Waals surface area contributed by atoms with Gasteiger partial charge in [-0.25, -0.2) is 0 Å². The van der Waals surface area contributed by atoms with E-state index in [1.807, 2.05) is 24.3 Å². The lowest BCUT2D eigenvalue weighted by Crippen LogP contribution is -2.00. The molecule has 0 amide bonds. The second-order valence-corrected chi connectivity index (χ2v) is 3.40. The van der Waals surface area contributed by atoms with E-state index in [2.05, 4.69) is 15.9 Å². The molecule has 1 atom stereocenters. The van der Waals surface area contributed by atoms with Crippen molar-refractivity contribution in [2.75, 3.05) is 6.61 Å². The molecule has 2 N–H and O–H groups in total. The highest BCUT2D eigenvalue weighted by Crippen LogP contribution is 2.24. The predicted molar refractivity (Wildman–Crippen MR) is 50.8 cm³/mol. The summed E-state index contributed by atoms with van der Waals surface area (Å²) in [5.41, 5.74) is 0.826. The van der Waals surface area contributed by atoms with Crippen LogP contribution in [0.3, 0.4) is 0 Å². The van der Waals surface area contributed by atoms with E-state index in [9.17, 15) is 5.11 Å². The Labute approximate surface area is 80.0 Å². The molecule has 0 bridgehead atoms. The minimum atomic E-state index is -0.578. The number of aliphatic hydroxyl groups is 2. The standard InChI is InChI=1S/C9H11BrO2/c10-8-4-2-1-3-7(8)9(12)5-6-11/h1-4,9,11-12H,5-6H2/t9-/m1/s1. The van der Waals surface area contributed by atoms with Gasteiger partial charge in [-0.05, 0) is 11.6 Å². The maximum Gasteiger partial charge on any atom is 0.0822 e. The molecule has 1 aromatic rings. The Morgan fingerprint density at radius 3 is 2.58 bits per heavy atom. The molecule has 0 radical (unpaired) electrons. The van der Waals surface area contributed by atoms with Crippen LogP contribution in [0.2, 0.25) is 0 Å². The van der Waals surface area contributed by atoms with Crippen LogP contribution < -0.4 is 0 Å². The Hall–Kier alpha value is -0.380. The van der Waals surface area contributed by atoms with E-state index < -0.39 is 6.10 Å². The minimum Gasteiger partial charge on any atom is -0.396 e. The van der Waals surface area contributed by atoms with Gasteiger partial charge in [0.25, 0.3) is 0 Å². The molecule has 0 heterocycles. The smallest absolute Gasteiger partial charge is 0.0822 e. The fraction of sp³-hybridized carbons (Fsp3) is 0.333. The van der Waals surface area contributed by atoms with Crippen molar-refractivity contribution >= 4 is 15.9 Å². The fourth-order valence-corrected chi connectivity index (χ4v) is 1.57. The molecule has 2 nitrogen and oxygen atoms in total. The summed E-state index contributed by atoms with van der Waals surface area (Å²) in [6.07, 6.45) is -0.201. The number of hydrogen-bond acceptors (Lipinski definition) is 2. The van der Waals surface area contributed by atoms with Gasteiger partial charge in [0.2, 0.25) is 0 Å². The molecule has 0 aliphatic heterocycles. The zero-order chi connectivity index (χ0) is 8.97. The van der Waals surface area contributed by atoms with Gasteiger partial charge < -0.3 is 10.2 Å². The fourth-order valence-electron chi connectivity index (χ4n) is 1.02. The lowest BCUT2D eigenvalue weighted by atomic mass is 10.1. The number of hydrogen-bond donors (Lipinski definition) is 2. The summed E-state index contributed by atoms with van der Waals surface area (Å²) in [5, 5.41) is 18.1. The van der Waals surface area contributed by atoms with Crippen molar-refractivity contribution < 1.29 is 10.2 Å². The first-order valence-electron chi connectivity index (χ1n) is 3.79. The summed E-state index contributed by atoms with van der Waals surface area (Å²) in [6.45, 7) is 0.00248. The van der Waals surface area contributed by atoms with E-state index in [-0.39, 0.29) is 6.61 Å². The molecule has 0 fully saturated rings. The number of halogens is 1. The van der Waals surface area contributed by atoms with Gasteiger partial charge in [-0.15, -0.1) is 0 Å². The third-order valence-corrected chi connectivity index (χ3v) is 2.39. The molecular formula is C9H11BrO2. The average molecular weight is 231 g/mol. The van der Waals surface area contributed by atoms with Gasteiger partial charge in [-0.1, -0.05) is 34.1 Å². The lowest BCUT2D eigenvalue weighted by Gasteiger charge is -2.10. The minimum absolute atomic E-state index is 0.00248. The Bertz CT molecular complexity index is 250. The van der Waals surface area contributed by atoms with Crippen molar-refractivity contribution in [1.29, 1.82) is 0 Å². The first-order chi connectivity index (χ1) is 5.75. The molecule has 66 valence electrons. The van der Waals surface area contributed by atoms with Crippen LogP contribution in [-0.4, -0.2) is 16.8 Å². The Morgan fingerprint density at radius 1 is 1.33 bits per heavy atom. The molecule has 0 unspecified atom stereocenters. The summed E-state index contributed by atoms with van der Waals surface area (Å²) in [7, 11) is 0. The van der Waals surface area contributed by atoms with Crippen molar-refractivity contribution in [1.82, 2.24) is 0 Å². The largest absolute Gasteiger partial charge is 0.396 e. The molecule has 0 saturated carbocycles. The van der Waals surface area contributed by atoms with Crippen molar-refractivity contribution in [3.8, 4) is 0 Å². The first-order valence-corrected chi connectivity index (χ1v) is 4.58. The SMILES string of the molecule is OCC[C@@H](O)c1ccccc1Br. The van der Waals surface area contributed by atoms with Crippen LogP contribution in [0.25, 0.3) is 0 Å². The molecule has 0 spiro atoms. The van der Waals surface area contributed by atoms with Crippen molar-refractivity contribution in [3.05, 3.63) is 34.3 Å². The normalized spacial score (nSPS) is 12.9. The molecule has 12 heavy (non-hydrogen) atoms. The second-order valence-electron chi connectivity index (χ2n) is 2.55. The van der Waals surface area contributed by atoms with Crippen LogP contribution in [0, 0.1) is 0 Å². The van der Waals surface area contributed by atoms with Gasteiger partial charge in [-0.2, -0.15) is 0 Å². The van der Waals surface area contributed by atoms with Crippen molar-refractivity contribution in [2.24, 2.45) is 0 Å². The molecule has 0 aliphatic carbocycles. The third kappa shape index (κ3) is 2.30. The molecule has 1 aromatic carbocycles. The monoisotopic (exact) mass is 230 g/mol. The second kappa shape index (κ2) is 4.60. The maximum absolute atomic E-state index is 9.51. The summed E-state index contributed by atoms with van der Waals surface area (Å²) in [4.78, 5) is 0. The third-order valence-electron chi connectivity index (χ3n) is 1.67. The van der Waals surface area contributed by atoms with E-state index in [1.54, 1.807) is 0 Å². The Balaban J connectivity index is 2.79. The van der Waals surface area contributed by atoms with E-state index in [4.69, 9.17) is 5.11 Å². The Kier molecular flexibility index (Phi) is 3.72. The highest BCUT2D eigenvalue weighted by Gasteiger charge is 2.08. The number of rotatable bonds is 3. The summed E-state index contributed by atoms with van der Waals surface area (Å²) >= 11 is 3.33. The van der Waals surface area contributed by atoms with E-state index in [1.165, 1.54) is 0 Å². The van der Waals surface area contributed by atoms with Crippen molar-refractivity contribution in [2.45, 2.75) is 12.5 Å². The topological polar surface area (TPSA) is 40.5 Å². The van der Waals surface area contributed by atoms with E-state index >= 15 is 0 Å². The molecule has 0 aromatic heterocycles.